The second-order valence-corrected chi connectivity index (χ2v) is 7.61. The molecular formula is C22H18ClN3OS. The molecule has 0 saturated carbocycles. The van der Waals surface area contributed by atoms with Gasteiger partial charge in [-0.1, -0.05) is 78.3 Å². The summed E-state index contributed by atoms with van der Waals surface area (Å²) in [4.78, 5) is 18.1. The zero-order valence-electron chi connectivity index (χ0n) is 15.2. The van der Waals surface area contributed by atoms with Crippen LogP contribution in [0.1, 0.15) is 22.7 Å². The number of benzene rings is 3. The molecule has 0 spiro atoms. The molecular weight excluding hydrogens is 390 g/mol. The lowest BCUT2D eigenvalue weighted by Crippen LogP contribution is -2.32. The fraction of sp³-hybridized carbons (Fsp3) is 0.0909. The van der Waals surface area contributed by atoms with E-state index in [-0.39, 0.29) is 11.7 Å². The second-order valence-electron chi connectivity index (χ2n) is 6.43. The van der Waals surface area contributed by atoms with Gasteiger partial charge in [-0.05, 0) is 47.3 Å². The Kier molecular flexibility index (Phi) is 5.28. The summed E-state index contributed by atoms with van der Waals surface area (Å²) < 4.78 is 4.52. The predicted molar refractivity (Wildman–Crippen MR) is 114 cm³/mol. The van der Waals surface area contributed by atoms with Crippen LogP contribution in [0.15, 0.2) is 88.6 Å². The summed E-state index contributed by atoms with van der Waals surface area (Å²) >= 11 is 7.46. The topological polar surface area (TPSA) is 50.1 Å². The fourth-order valence-electron chi connectivity index (χ4n) is 3.10. The van der Waals surface area contributed by atoms with Gasteiger partial charge in [0.1, 0.15) is 0 Å². The molecule has 0 atom stereocenters. The van der Waals surface area contributed by atoms with E-state index >= 15 is 0 Å². The summed E-state index contributed by atoms with van der Waals surface area (Å²) in [5.74, 6) is 0. The first-order valence-corrected chi connectivity index (χ1v) is 10.0. The number of aromatic amines is 1. The molecule has 0 unspecified atom stereocenters. The van der Waals surface area contributed by atoms with Gasteiger partial charge < -0.3 is 0 Å². The Labute approximate surface area is 171 Å². The van der Waals surface area contributed by atoms with E-state index in [0.717, 1.165) is 16.7 Å². The number of H-pyrrole nitrogens is 1. The van der Waals surface area contributed by atoms with Gasteiger partial charge in [0.05, 0.1) is 11.7 Å². The quantitative estimate of drug-likeness (QED) is 0.504. The lowest BCUT2D eigenvalue weighted by atomic mass is 9.99. The van der Waals surface area contributed by atoms with Gasteiger partial charge >= 0.3 is 5.69 Å². The van der Waals surface area contributed by atoms with Crippen molar-refractivity contribution < 1.29 is 0 Å². The highest BCUT2D eigenvalue weighted by Gasteiger charge is 2.20. The Bertz CT molecular complexity index is 1170. The summed E-state index contributed by atoms with van der Waals surface area (Å²) in [7, 11) is 0. The van der Waals surface area contributed by atoms with Crippen molar-refractivity contribution in [2.45, 2.75) is 13.0 Å². The van der Waals surface area contributed by atoms with Crippen molar-refractivity contribution in [1.29, 1.82) is 0 Å². The molecule has 3 aromatic carbocycles. The van der Waals surface area contributed by atoms with Crippen LogP contribution in [0.5, 0.6) is 0 Å². The average Bonchev–Trinajstić information content (AvgIpc) is 3.07. The maximum Gasteiger partial charge on any atom is 0.338 e. The Morgan fingerprint density at radius 2 is 1.57 bits per heavy atom. The van der Waals surface area contributed by atoms with Crippen LogP contribution in [-0.4, -0.2) is 8.94 Å². The van der Waals surface area contributed by atoms with E-state index < -0.39 is 0 Å². The molecule has 0 aliphatic rings. The third-order valence-electron chi connectivity index (χ3n) is 4.52. The monoisotopic (exact) mass is 407 g/mol. The highest BCUT2D eigenvalue weighted by Crippen LogP contribution is 2.25. The average molecular weight is 408 g/mol. The number of rotatable bonds is 4. The van der Waals surface area contributed by atoms with Crippen LogP contribution < -0.4 is 10.5 Å². The highest BCUT2D eigenvalue weighted by molar-refractivity contribution is 7.02. The van der Waals surface area contributed by atoms with Crippen molar-refractivity contribution in [1.82, 2.24) is 8.94 Å². The SMILES string of the molecule is Cc1ccc(/N=c2\s[nH]c(=O)n2C(c2ccccc2)c2ccccc2)cc1Cl. The van der Waals surface area contributed by atoms with Crippen LogP contribution in [0.4, 0.5) is 5.69 Å². The molecule has 0 saturated heterocycles. The molecule has 4 rings (SSSR count). The first kappa shape index (κ1) is 18.5. The highest BCUT2D eigenvalue weighted by atomic mass is 35.5. The third-order valence-corrected chi connectivity index (χ3v) is 5.68. The van der Waals surface area contributed by atoms with Crippen molar-refractivity contribution >= 4 is 28.8 Å². The minimum Gasteiger partial charge on any atom is -0.259 e. The normalized spacial score (nSPS) is 11.9. The van der Waals surface area contributed by atoms with Crippen molar-refractivity contribution in [2.24, 2.45) is 4.99 Å². The van der Waals surface area contributed by atoms with E-state index in [1.54, 1.807) is 4.57 Å². The number of nitrogens with zero attached hydrogens (tertiary/aromatic N) is 2. The number of hydrogen-bond donors (Lipinski definition) is 1. The van der Waals surface area contributed by atoms with E-state index in [1.807, 2.05) is 85.8 Å². The van der Waals surface area contributed by atoms with Gasteiger partial charge in [0, 0.05) is 5.02 Å². The minimum atomic E-state index is -0.280. The van der Waals surface area contributed by atoms with Crippen LogP contribution in [-0.2, 0) is 0 Å². The van der Waals surface area contributed by atoms with Crippen molar-refractivity contribution in [3.8, 4) is 0 Å². The Morgan fingerprint density at radius 3 is 2.14 bits per heavy atom. The summed E-state index contributed by atoms with van der Waals surface area (Å²) in [5.41, 5.74) is 3.53. The fourth-order valence-corrected chi connectivity index (χ4v) is 3.99. The number of nitrogens with one attached hydrogen (secondary N) is 1. The molecule has 0 bridgehead atoms. The Morgan fingerprint density at radius 1 is 0.964 bits per heavy atom. The molecule has 6 heteroatoms. The Hall–Kier alpha value is -2.89. The molecule has 28 heavy (non-hydrogen) atoms. The first-order chi connectivity index (χ1) is 13.6. The van der Waals surface area contributed by atoms with Gasteiger partial charge in [-0.2, -0.15) is 0 Å². The van der Waals surface area contributed by atoms with Crippen molar-refractivity contribution in [3.05, 3.63) is 116 Å². The maximum atomic E-state index is 12.8. The molecule has 0 aliphatic heterocycles. The van der Waals surface area contributed by atoms with Gasteiger partial charge in [-0.25, -0.2) is 9.79 Å². The molecule has 0 radical (unpaired) electrons. The zero-order chi connectivity index (χ0) is 19.5. The number of aryl methyl sites for hydroxylation is 1. The largest absolute Gasteiger partial charge is 0.338 e. The third kappa shape index (κ3) is 3.72. The van der Waals surface area contributed by atoms with Crippen LogP contribution in [0.25, 0.3) is 0 Å². The molecule has 0 aliphatic carbocycles. The van der Waals surface area contributed by atoms with E-state index in [2.05, 4.69) is 4.37 Å². The molecule has 1 N–H and O–H groups in total. The molecule has 1 heterocycles. The Balaban J connectivity index is 1.93. The van der Waals surface area contributed by atoms with Crippen LogP contribution >= 0.6 is 23.1 Å². The first-order valence-electron chi connectivity index (χ1n) is 8.84. The second kappa shape index (κ2) is 8.00. The number of halogens is 1. The number of hydrogen-bond acceptors (Lipinski definition) is 3. The zero-order valence-corrected chi connectivity index (χ0v) is 16.7. The van der Waals surface area contributed by atoms with E-state index in [9.17, 15) is 4.79 Å². The van der Waals surface area contributed by atoms with Gasteiger partial charge in [0.2, 0.25) is 4.80 Å². The molecule has 140 valence electrons. The lowest BCUT2D eigenvalue weighted by Gasteiger charge is -2.18. The summed E-state index contributed by atoms with van der Waals surface area (Å²) in [5, 5.41) is 0.651. The van der Waals surface area contributed by atoms with Crippen LogP contribution in [0.2, 0.25) is 5.02 Å². The summed E-state index contributed by atoms with van der Waals surface area (Å²) in [6.07, 6.45) is 0. The van der Waals surface area contributed by atoms with E-state index in [1.165, 1.54) is 11.5 Å². The van der Waals surface area contributed by atoms with Crippen LogP contribution in [0.3, 0.4) is 0 Å². The van der Waals surface area contributed by atoms with Gasteiger partial charge in [-0.3, -0.25) is 8.94 Å². The summed E-state index contributed by atoms with van der Waals surface area (Å²) in [6.45, 7) is 1.95. The smallest absolute Gasteiger partial charge is 0.259 e. The molecule has 4 aromatic rings. The standard InChI is InChI=1S/C22H18ClN3OS/c1-15-12-13-18(14-19(15)23)24-22-26(21(27)25-28-22)20(16-8-4-2-5-9-16)17-10-6-3-7-11-17/h2-14,20H,1H3,(H,25,27)/b24-22-. The number of aromatic nitrogens is 2. The maximum absolute atomic E-state index is 12.8. The molecule has 0 fully saturated rings. The van der Waals surface area contributed by atoms with Gasteiger partial charge in [-0.15, -0.1) is 0 Å². The molecule has 0 amide bonds. The van der Waals surface area contributed by atoms with Gasteiger partial charge in [0.25, 0.3) is 0 Å². The van der Waals surface area contributed by atoms with Gasteiger partial charge in [0.15, 0.2) is 0 Å². The van der Waals surface area contributed by atoms with Crippen molar-refractivity contribution in [2.75, 3.05) is 0 Å². The molecule has 4 nitrogen and oxygen atoms in total. The lowest BCUT2D eigenvalue weighted by molar-refractivity contribution is 0.628. The minimum absolute atomic E-state index is 0.195. The van der Waals surface area contributed by atoms with Crippen LogP contribution in [0, 0.1) is 6.92 Å². The molecule has 1 aromatic heterocycles. The van der Waals surface area contributed by atoms with E-state index in [0.29, 0.717) is 15.5 Å². The van der Waals surface area contributed by atoms with E-state index in [4.69, 9.17) is 16.6 Å². The predicted octanol–water partition coefficient (Wildman–Crippen LogP) is 5.07. The summed E-state index contributed by atoms with van der Waals surface area (Å²) in [6, 6.07) is 25.3. The van der Waals surface area contributed by atoms with Crippen molar-refractivity contribution in [3.63, 3.8) is 0 Å².